The molecule has 1 unspecified atom stereocenters. The summed E-state index contributed by atoms with van der Waals surface area (Å²) in [5.74, 6) is 0.324. The first kappa shape index (κ1) is 17.3. The van der Waals surface area contributed by atoms with E-state index < -0.39 is 11.3 Å². The SMILES string of the molecule is COc1ncc(-n2nc(Br)c3c2CCOCC3)cc1NS(=O)OC. The Hall–Kier alpha value is -1.49. The Morgan fingerprint density at radius 1 is 1.38 bits per heavy atom. The molecule has 2 aromatic heterocycles. The molecule has 1 aliphatic rings. The van der Waals surface area contributed by atoms with Crippen molar-refractivity contribution in [2.24, 2.45) is 0 Å². The maximum absolute atomic E-state index is 11.6. The summed E-state index contributed by atoms with van der Waals surface area (Å²) in [4.78, 5) is 4.26. The van der Waals surface area contributed by atoms with Crippen LogP contribution in [0, 0.1) is 0 Å². The quantitative estimate of drug-likeness (QED) is 0.799. The summed E-state index contributed by atoms with van der Waals surface area (Å²) >= 11 is 1.83. The van der Waals surface area contributed by atoms with Crippen LogP contribution in [0.3, 0.4) is 0 Å². The number of methoxy groups -OCH3 is 1. The first-order chi connectivity index (χ1) is 11.6. The Morgan fingerprint density at radius 3 is 2.92 bits per heavy atom. The monoisotopic (exact) mass is 416 g/mol. The van der Waals surface area contributed by atoms with Gasteiger partial charge in [0.05, 0.1) is 45.0 Å². The summed E-state index contributed by atoms with van der Waals surface area (Å²) in [6.45, 7) is 1.32. The first-order valence-corrected chi connectivity index (χ1v) is 9.12. The van der Waals surface area contributed by atoms with Crippen LogP contribution in [0.4, 0.5) is 5.69 Å². The Bertz CT molecular complexity index is 767. The molecular formula is C14H17BrN4O4S. The Labute approximate surface area is 150 Å². The number of nitrogens with zero attached hydrogens (tertiary/aromatic N) is 3. The molecule has 130 valence electrons. The lowest BCUT2D eigenvalue weighted by molar-refractivity contribution is 0.145. The van der Waals surface area contributed by atoms with Gasteiger partial charge in [0.2, 0.25) is 5.88 Å². The summed E-state index contributed by atoms with van der Waals surface area (Å²) in [5.41, 5.74) is 3.40. The number of ether oxygens (including phenoxy) is 2. The van der Waals surface area contributed by atoms with E-state index in [1.54, 1.807) is 12.3 Å². The third-order valence-corrected chi connectivity index (χ3v) is 4.97. The topological polar surface area (TPSA) is 87.5 Å². The van der Waals surface area contributed by atoms with Crippen LogP contribution >= 0.6 is 15.9 Å². The Kier molecular flexibility index (Phi) is 5.49. The molecule has 0 bridgehead atoms. The van der Waals surface area contributed by atoms with E-state index in [0.717, 1.165) is 34.4 Å². The second kappa shape index (κ2) is 7.60. The molecular weight excluding hydrogens is 400 g/mol. The second-order valence-corrected chi connectivity index (χ2v) is 6.75. The predicted octanol–water partition coefficient (Wildman–Crippen LogP) is 1.79. The number of halogens is 1. The maximum Gasteiger partial charge on any atom is 0.261 e. The average Bonchev–Trinajstić information content (AvgIpc) is 2.77. The minimum atomic E-state index is -1.68. The molecule has 1 atom stereocenters. The summed E-state index contributed by atoms with van der Waals surface area (Å²) in [6, 6.07) is 1.77. The molecule has 1 aliphatic heterocycles. The lowest BCUT2D eigenvalue weighted by Crippen LogP contribution is -2.10. The zero-order valence-electron chi connectivity index (χ0n) is 13.2. The van der Waals surface area contributed by atoms with Gasteiger partial charge in [-0.25, -0.2) is 13.9 Å². The predicted molar refractivity (Wildman–Crippen MR) is 92.6 cm³/mol. The lowest BCUT2D eigenvalue weighted by atomic mass is 10.1. The van der Waals surface area contributed by atoms with Gasteiger partial charge in [0, 0.05) is 18.4 Å². The summed E-state index contributed by atoms with van der Waals surface area (Å²) < 4.78 is 32.4. The molecule has 3 rings (SSSR count). The molecule has 0 saturated carbocycles. The highest BCUT2D eigenvalue weighted by molar-refractivity contribution is 9.10. The average molecular weight is 417 g/mol. The van der Waals surface area contributed by atoms with Crippen molar-refractivity contribution < 1.29 is 17.9 Å². The number of nitrogens with one attached hydrogen (secondary N) is 1. The molecule has 0 amide bonds. The fourth-order valence-electron chi connectivity index (χ4n) is 2.54. The first-order valence-electron chi connectivity index (χ1n) is 7.25. The minimum absolute atomic E-state index is 0.324. The molecule has 10 heteroatoms. The van der Waals surface area contributed by atoms with Gasteiger partial charge in [0.25, 0.3) is 11.3 Å². The van der Waals surface area contributed by atoms with Crippen LogP contribution in [-0.2, 0) is 33.0 Å². The highest BCUT2D eigenvalue weighted by atomic mass is 79.9. The van der Waals surface area contributed by atoms with Gasteiger partial charge in [-0.1, -0.05) is 0 Å². The van der Waals surface area contributed by atoms with E-state index in [9.17, 15) is 4.21 Å². The third-order valence-electron chi connectivity index (χ3n) is 3.64. The number of rotatable bonds is 5. The normalized spacial score (nSPS) is 15.5. The van der Waals surface area contributed by atoms with Crippen LogP contribution in [0.5, 0.6) is 5.88 Å². The van der Waals surface area contributed by atoms with Crippen molar-refractivity contribution in [2.75, 3.05) is 32.2 Å². The fourth-order valence-corrected chi connectivity index (χ4v) is 3.54. The van der Waals surface area contributed by atoms with Gasteiger partial charge >= 0.3 is 0 Å². The summed E-state index contributed by atoms with van der Waals surface area (Å²) in [6.07, 6.45) is 3.22. The van der Waals surface area contributed by atoms with Crippen LogP contribution in [0.15, 0.2) is 16.9 Å². The molecule has 0 saturated heterocycles. The molecule has 1 N–H and O–H groups in total. The third kappa shape index (κ3) is 3.46. The van der Waals surface area contributed by atoms with Gasteiger partial charge in [-0.05, 0) is 22.0 Å². The lowest BCUT2D eigenvalue weighted by Gasteiger charge is -2.12. The second-order valence-electron chi connectivity index (χ2n) is 4.99. The van der Waals surface area contributed by atoms with Crippen LogP contribution in [0.25, 0.3) is 5.69 Å². The van der Waals surface area contributed by atoms with E-state index in [1.807, 2.05) is 4.68 Å². The molecule has 24 heavy (non-hydrogen) atoms. The zero-order chi connectivity index (χ0) is 17.1. The number of hydrogen-bond acceptors (Lipinski definition) is 6. The van der Waals surface area contributed by atoms with Crippen molar-refractivity contribution in [3.05, 3.63) is 28.1 Å². The van der Waals surface area contributed by atoms with Crippen LogP contribution in [0.1, 0.15) is 11.3 Å². The molecule has 0 radical (unpaired) electrons. The molecule has 8 nitrogen and oxygen atoms in total. The Balaban J connectivity index is 2.04. The van der Waals surface area contributed by atoms with E-state index in [0.29, 0.717) is 24.8 Å². The number of aromatic nitrogens is 3. The van der Waals surface area contributed by atoms with Crippen molar-refractivity contribution in [1.29, 1.82) is 0 Å². The zero-order valence-corrected chi connectivity index (χ0v) is 15.6. The van der Waals surface area contributed by atoms with Gasteiger partial charge < -0.3 is 9.47 Å². The van der Waals surface area contributed by atoms with Gasteiger partial charge in [0.15, 0.2) is 0 Å². The van der Waals surface area contributed by atoms with Gasteiger partial charge in [-0.2, -0.15) is 5.10 Å². The van der Waals surface area contributed by atoms with Gasteiger partial charge in [-0.3, -0.25) is 8.91 Å². The number of fused-ring (bicyclic) bond motifs is 1. The standard InChI is InChI=1S/C14H17BrN4O4S/c1-21-14-11(18-24(20)22-2)7-9(8-16-14)19-12-4-6-23-5-3-10(12)13(15)17-19/h7-8,18H,3-6H2,1-2H3. The summed E-state index contributed by atoms with van der Waals surface area (Å²) in [5, 5.41) is 4.56. The number of pyridine rings is 1. The van der Waals surface area contributed by atoms with E-state index in [-0.39, 0.29) is 0 Å². The van der Waals surface area contributed by atoms with Crippen LogP contribution < -0.4 is 9.46 Å². The fraction of sp³-hybridized carbons (Fsp3) is 0.429. The minimum Gasteiger partial charge on any atom is -0.479 e. The molecule has 0 aromatic carbocycles. The van der Waals surface area contributed by atoms with Crippen molar-refractivity contribution in [3.8, 4) is 11.6 Å². The highest BCUT2D eigenvalue weighted by Crippen LogP contribution is 2.29. The summed E-state index contributed by atoms with van der Waals surface area (Å²) in [7, 11) is 2.84. The van der Waals surface area contributed by atoms with Crippen molar-refractivity contribution in [3.63, 3.8) is 0 Å². The van der Waals surface area contributed by atoms with E-state index in [1.165, 1.54) is 14.2 Å². The van der Waals surface area contributed by atoms with Crippen molar-refractivity contribution in [1.82, 2.24) is 14.8 Å². The smallest absolute Gasteiger partial charge is 0.261 e. The van der Waals surface area contributed by atoms with Crippen molar-refractivity contribution in [2.45, 2.75) is 12.8 Å². The number of anilines is 1. The van der Waals surface area contributed by atoms with E-state index in [2.05, 4.69) is 30.7 Å². The van der Waals surface area contributed by atoms with Crippen molar-refractivity contribution >= 4 is 32.9 Å². The van der Waals surface area contributed by atoms with Crippen LogP contribution in [-0.4, -0.2) is 46.4 Å². The van der Waals surface area contributed by atoms with Gasteiger partial charge in [0.1, 0.15) is 10.3 Å². The molecule has 2 aromatic rings. The van der Waals surface area contributed by atoms with Gasteiger partial charge in [-0.15, -0.1) is 0 Å². The van der Waals surface area contributed by atoms with E-state index in [4.69, 9.17) is 13.7 Å². The molecule has 0 aliphatic carbocycles. The molecule has 0 spiro atoms. The largest absolute Gasteiger partial charge is 0.479 e. The highest BCUT2D eigenvalue weighted by Gasteiger charge is 2.20. The Morgan fingerprint density at radius 2 is 2.17 bits per heavy atom. The maximum atomic E-state index is 11.6. The number of hydrogen-bond donors (Lipinski definition) is 1. The van der Waals surface area contributed by atoms with E-state index >= 15 is 0 Å². The molecule has 3 heterocycles. The molecule has 0 fully saturated rings. The van der Waals surface area contributed by atoms with Crippen LogP contribution in [0.2, 0.25) is 0 Å².